The van der Waals surface area contributed by atoms with Crippen molar-refractivity contribution in [3.05, 3.63) is 134 Å². The van der Waals surface area contributed by atoms with Gasteiger partial charge in [-0.15, -0.1) is 0 Å². The Labute approximate surface area is 364 Å². The van der Waals surface area contributed by atoms with Crippen molar-refractivity contribution in [1.82, 2.24) is 5.32 Å². The molecule has 2 unspecified atom stereocenters. The molecule has 4 nitrogen and oxygen atoms in total. The Kier molecular flexibility index (Phi) is 46.0. The lowest BCUT2D eigenvalue weighted by atomic mass is 10.0. The Morgan fingerprint density at radius 2 is 0.746 bits per heavy atom. The van der Waals surface area contributed by atoms with Crippen LogP contribution in [-0.4, -0.2) is 34.9 Å². The van der Waals surface area contributed by atoms with Crippen molar-refractivity contribution in [2.75, 3.05) is 6.61 Å². The van der Waals surface area contributed by atoms with E-state index in [0.717, 1.165) is 109 Å². The first-order valence-electron chi connectivity index (χ1n) is 23.9. The molecule has 59 heavy (non-hydrogen) atoms. The normalized spacial score (nSPS) is 14.2. The van der Waals surface area contributed by atoms with Crippen molar-refractivity contribution < 1.29 is 15.0 Å². The molecule has 3 N–H and O–H groups in total. The van der Waals surface area contributed by atoms with E-state index in [2.05, 4.69) is 153 Å². The molecule has 0 aliphatic carbocycles. The quantitative estimate of drug-likeness (QED) is 0.0425. The second-order valence-corrected chi connectivity index (χ2v) is 15.4. The summed E-state index contributed by atoms with van der Waals surface area (Å²) in [6, 6.07) is -0.553. The van der Waals surface area contributed by atoms with Crippen LogP contribution in [0.2, 0.25) is 0 Å². The van der Waals surface area contributed by atoms with E-state index in [1.54, 1.807) is 0 Å². The summed E-state index contributed by atoms with van der Waals surface area (Å²) in [6.45, 7) is 4.18. The predicted octanol–water partition coefficient (Wildman–Crippen LogP) is 15.5. The van der Waals surface area contributed by atoms with Gasteiger partial charge in [-0.3, -0.25) is 4.79 Å². The molecule has 0 rings (SSSR count). The summed E-state index contributed by atoms with van der Waals surface area (Å²) in [4.78, 5) is 12.3. The summed E-state index contributed by atoms with van der Waals surface area (Å²) in [5.41, 5.74) is 0. The molecule has 0 saturated heterocycles. The van der Waals surface area contributed by atoms with Crippen LogP contribution in [0.15, 0.2) is 134 Å². The number of rotatable bonds is 41. The first-order chi connectivity index (χ1) is 29.2. The molecule has 332 valence electrons. The lowest BCUT2D eigenvalue weighted by Gasteiger charge is -2.22. The molecule has 0 aliphatic rings. The number of allylic oxidation sites excluding steroid dienone is 22. The molecule has 0 saturated carbocycles. The first kappa shape index (κ1) is 55.5. The highest BCUT2D eigenvalue weighted by Gasteiger charge is 2.19. The fourth-order valence-electron chi connectivity index (χ4n) is 6.30. The zero-order valence-electron chi connectivity index (χ0n) is 38.0. The molecule has 0 aromatic carbocycles. The minimum atomic E-state index is -0.674. The highest BCUT2D eigenvalue weighted by Crippen LogP contribution is 2.13. The molecule has 2 atom stereocenters. The van der Waals surface area contributed by atoms with Gasteiger partial charge in [-0.2, -0.15) is 0 Å². The molecule has 0 aliphatic heterocycles. The van der Waals surface area contributed by atoms with Crippen LogP contribution < -0.4 is 5.32 Å². The number of unbranched alkanes of at least 4 members (excludes halogenated alkanes) is 12. The van der Waals surface area contributed by atoms with Crippen molar-refractivity contribution in [3.8, 4) is 0 Å². The number of aliphatic hydroxyl groups is 2. The van der Waals surface area contributed by atoms with Crippen molar-refractivity contribution in [3.63, 3.8) is 0 Å². The molecule has 0 aromatic heterocycles. The number of aliphatic hydroxyl groups excluding tert-OH is 2. The maximum Gasteiger partial charge on any atom is 0.220 e. The Morgan fingerprint density at radius 1 is 0.424 bits per heavy atom. The maximum absolute atomic E-state index is 12.3. The third-order valence-corrected chi connectivity index (χ3v) is 9.93. The number of carbonyl (C=O) groups excluding carboxylic acids is 1. The molecule has 0 spiro atoms. The van der Waals surface area contributed by atoms with Gasteiger partial charge in [-0.1, -0.05) is 218 Å². The van der Waals surface area contributed by atoms with E-state index in [4.69, 9.17) is 0 Å². The summed E-state index contributed by atoms with van der Waals surface area (Å²) in [7, 11) is 0. The fraction of sp³-hybridized carbons (Fsp3) is 0.582. The number of hydrogen-bond acceptors (Lipinski definition) is 3. The van der Waals surface area contributed by atoms with Gasteiger partial charge in [-0.25, -0.2) is 0 Å². The molecule has 0 radical (unpaired) electrons. The van der Waals surface area contributed by atoms with Gasteiger partial charge in [0.2, 0.25) is 5.91 Å². The number of nitrogens with one attached hydrogen (secondary N) is 1. The van der Waals surface area contributed by atoms with Crippen LogP contribution in [0, 0.1) is 0 Å². The molecule has 0 heterocycles. The first-order valence-corrected chi connectivity index (χ1v) is 23.9. The standard InChI is InChI=1S/C55H89NO3/c1-3-5-7-9-11-13-14-15-16-17-18-19-20-21-22-23-24-25-26-27-28-29-30-31-32-33-34-35-36-37-38-39-40-41-42-43-45-47-49-51-55(59)56-53(52-57)54(58)50-48-46-44-12-10-8-6-4-2/h5,7,11,13,15-16,18-19,21-22,24-25,27-28,30-31,33-34,36-37,39-40,53-54,57-58H,3-4,6,8-10,12,14,17,20,23,26,29,32,35,38,41-52H2,1-2H3,(H,56,59)/b7-5-,13-11-,16-15-,19-18-,22-21-,25-24-,28-27-,31-30-,34-33-,37-36-,40-39-. The molecule has 1 amide bonds. The van der Waals surface area contributed by atoms with Crippen LogP contribution >= 0.6 is 0 Å². The van der Waals surface area contributed by atoms with Gasteiger partial charge in [0.1, 0.15) is 0 Å². The van der Waals surface area contributed by atoms with E-state index in [-0.39, 0.29) is 12.5 Å². The number of hydrogen-bond donors (Lipinski definition) is 3. The average Bonchev–Trinajstić information content (AvgIpc) is 3.24. The van der Waals surface area contributed by atoms with Gasteiger partial charge in [0.15, 0.2) is 0 Å². The lowest BCUT2D eigenvalue weighted by Crippen LogP contribution is -2.45. The summed E-state index contributed by atoms with van der Waals surface area (Å²) >= 11 is 0. The predicted molar refractivity (Wildman–Crippen MR) is 262 cm³/mol. The molecular formula is C55H89NO3. The van der Waals surface area contributed by atoms with Crippen molar-refractivity contribution >= 4 is 5.91 Å². The maximum atomic E-state index is 12.3. The van der Waals surface area contributed by atoms with E-state index in [0.29, 0.717) is 12.8 Å². The van der Waals surface area contributed by atoms with Crippen LogP contribution in [-0.2, 0) is 4.79 Å². The second-order valence-electron chi connectivity index (χ2n) is 15.4. The van der Waals surface area contributed by atoms with Gasteiger partial charge in [0.05, 0.1) is 18.8 Å². The van der Waals surface area contributed by atoms with Crippen molar-refractivity contribution in [2.24, 2.45) is 0 Å². The zero-order chi connectivity index (χ0) is 42.8. The third kappa shape index (κ3) is 45.5. The Morgan fingerprint density at radius 3 is 1.12 bits per heavy atom. The zero-order valence-corrected chi connectivity index (χ0v) is 38.0. The minimum absolute atomic E-state index is 0.0605. The molecule has 0 fully saturated rings. The molecule has 0 aromatic rings. The van der Waals surface area contributed by atoms with Crippen LogP contribution in [0.4, 0.5) is 0 Å². The van der Waals surface area contributed by atoms with E-state index in [1.165, 1.54) is 51.4 Å². The molecule has 4 heteroatoms. The fourth-order valence-corrected chi connectivity index (χ4v) is 6.30. The van der Waals surface area contributed by atoms with Gasteiger partial charge in [0.25, 0.3) is 0 Å². The van der Waals surface area contributed by atoms with E-state index in [9.17, 15) is 15.0 Å². The highest BCUT2D eigenvalue weighted by atomic mass is 16.3. The molecule has 0 bridgehead atoms. The highest BCUT2D eigenvalue weighted by molar-refractivity contribution is 5.76. The van der Waals surface area contributed by atoms with Gasteiger partial charge in [-0.05, 0) is 96.3 Å². The van der Waals surface area contributed by atoms with Gasteiger partial charge < -0.3 is 15.5 Å². The summed E-state index contributed by atoms with van der Waals surface area (Å²) < 4.78 is 0. The van der Waals surface area contributed by atoms with Gasteiger partial charge in [0, 0.05) is 6.42 Å². The van der Waals surface area contributed by atoms with Crippen LogP contribution in [0.1, 0.15) is 187 Å². The van der Waals surface area contributed by atoms with E-state index >= 15 is 0 Å². The summed E-state index contributed by atoms with van der Waals surface area (Å²) in [5, 5.41) is 23.0. The Bertz CT molecular complexity index is 1240. The van der Waals surface area contributed by atoms with E-state index in [1.807, 2.05) is 0 Å². The smallest absolute Gasteiger partial charge is 0.220 e. The minimum Gasteiger partial charge on any atom is -0.394 e. The summed E-state index contributed by atoms with van der Waals surface area (Å²) in [5.74, 6) is -0.0605. The Hall–Kier alpha value is -3.47. The number of carbonyl (C=O) groups is 1. The van der Waals surface area contributed by atoms with E-state index < -0.39 is 12.1 Å². The van der Waals surface area contributed by atoms with Crippen LogP contribution in [0.25, 0.3) is 0 Å². The SMILES string of the molecule is CC/C=C\C/C=C\C/C=C\C/C=C\C/C=C\C/C=C\C/C=C\C/C=C\C/C=C\C/C=C\C/C=C\CCCCCCCC(=O)NC(CO)C(O)CCCCCCCCCC. The monoisotopic (exact) mass is 812 g/mol. The third-order valence-electron chi connectivity index (χ3n) is 9.93. The largest absolute Gasteiger partial charge is 0.394 e. The van der Waals surface area contributed by atoms with Crippen molar-refractivity contribution in [1.29, 1.82) is 0 Å². The summed E-state index contributed by atoms with van der Waals surface area (Å²) in [6.07, 6.45) is 76.9. The Balaban J connectivity index is 3.68. The van der Waals surface area contributed by atoms with Crippen LogP contribution in [0.3, 0.4) is 0 Å². The van der Waals surface area contributed by atoms with Crippen molar-refractivity contribution in [2.45, 2.75) is 199 Å². The topological polar surface area (TPSA) is 69.6 Å². The average molecular weight is 812 g/mol. The van der Waals surface area contributed by atoms with Gasteiger partial charge >= 0.3 is 0 Å². The molecular weight excluding hydrogens is 723 g/mol. The number of amides is 1. The lowest BCUT2D eigenvalue weighted by molar-refractivity contribution is -0.123. The van der Waals surface area contributed by atoms with Crippen LogP contribution in [0.5, 0.6) is 0 Å². The second kappa shape index (κ2) is 48.9.